The van der Waals surface area contributed by atoms with Gasteiger partial charge in [-0.1, -0.05) is 18.2 Å². The van der Waals surface area contributed by atoms with Crippen LogP contribution in [0.15, 0.2) is 48.5 Å². The lowest BCUT2D eigenvalue weighted by Gasteiger charge is -2.16. The first-order chi connectivity index (χ1) is 13.6. The van der Waals surface area contributed by atoms with Gasteiger partial charge in [0, 0.05) is 29.7 Å². The largest absolute Gasteiger partial charge is 0.507 e. The van der Waals surface area contributed by atoms with E-state index in [0.717, 1.165) is 22.7 Å². The highest BCUT2D eigenvalue weighted by Crippen LogP contribution is 2.42. The number of hydrogen-bond acceptors (Lipinski definition) is 4. The van der Waals surface area contributed by atoms with E-state index in [1.165, 1.54) is 0 Å². The van der Waals surface area contributed by atoms with Crippen molar-refractivity contribution in [3.05, 3.63) is 59.7 Å². The van der Waals surface area contributed by atoms with Gasteiger partial charge >= 0.3 is 0 Å². The van der Waals surface area contributed by atoms with Crippen molar-refractivity contribution in [2.75, 3.05) is 19.4 Å². The number of aromatic hydroxyl groups is 1. The van der Waals surface area contributed by atoms with E-state index in [4.69, 9.17) is 9.29 Å². The summed E-state index contributed by atoms with van der Waals surface area (Å²) >= 11 is 0. The van der Waals surface area contributed by atoms with Crippen LogP contribution in [-0.4, -0.2) is 47.8 Å². The molecule has 154 valence electrons. The molecular weight excluding hydrogens is 390 g/mol. The first kappa shape index (κ1) is 21.1. The minimum atomic E-state index is -4.02. The summed E-state index contributed by atoms with van der Waals surface area (Å²) in [7, 11) is -2.40. The van der Waals surface area contributed by atoms with Gasteiger partial charge in [0.05, 0.1) is 18.3 Å². The van der Waals surface area contributed by atoms with Crippen LogP contribution in [0.4, 0.5) is 5.69 Å². The molecular formula is C22H26NO5S+. The van der Waals surface area contributed by atoms with Crippen LogP contribution in [0, 0.1) is 0 Å². The Hall–Kier alpha value is -2.64. The molecule has 2 aromatic carbocycles. The molecule has 0 bridgehead atoms. The third-order valence-corrected chi connectivity index (χ3v) is 6.05. The highest BCUT2D eigenvalue weighted by atomic mass is 32.2. The van der Waals surface area contributed by atoms with E-state index in [-0.39, 0.29) is 23.3 Å². The van der Waals surface area contributed by atoms with Crippen LogP contribution in [0.25, 0.3) is 6.08 Å². The summed E-state index contributed by atoms with van der Waals surface area (Å²) < 4.78 is 38.9. The molecule has 2 N–H and O–H groups in total. The zero-order chi connectivity index (χ0) is 21.2. The smallest absolute Gasteiger partial charge is 0.265 e. The molecule has 1 heterocycles. The molecule has 0 aliphatic carbocycles. The number of fused-ring (bicyclic) bond motifs is 1. The zero-order valence-electron chi connectivity index (χ0n) is 16.8. The zero-order valence-corrected chi connectivity index (χ0v) is 17.6. The number of phenolic OH excluding ortho intramolecular Hbond substituents is 1. The molecule has 0 radical (unpaired) electrons. The Labute approximate surface area is 171 Å². The van der Waals surface area contributed by atoms with E-state index in [1.807, 2.05) is 42.5 Å². The second kappa shape index (κ2) is 8.00. The fraction of sp³-hybridized carbons (Fsp3) is 0.318. The third kappa shape index (κ3) is 4.52. The van der Waals surface area contributed by atoms with Gasteiger partial charge < -0.3 is 9.84 Å². The highest BCUT2D eigenvalue weighted by molar-refractivity contribution is 7.85. The van der Waals surface area contributed by atoms with Crippen LogP contribution < -0.4 is 4.74 Å². The Bertz CT molecular complexity index is 1080. The molecule has 2 aromatic rings. The molecule has 1 aliphatic rings. The van der Waals surface area contributed by atoms with Crippen molar-refractivity contribution in [1.82, 2.24) is 0 Å². The monoisotopic (exact) mass is 416 g/mol. The van der Waals surface area contributed by atoms with Gasteiger partial charge in [-0.2, -0.15) is 13.0 Å². The molecule has 0 saturated heterocycles. The maximum atomic E-state index is 11.2. The Morgan fingerprint density at radius 3 is 2.52 bits per heavy atom. The van der Waals surface area contributed by atoms with E-state index >= 15 is 0 Å². The van der Waals surface area contributed by atoms with Gasteiger partial charge in [-0.15, -0.1) is 0 Å². The van der Waals surface area contributed by atoms with Gasteiger partial charge in [0.1, 0.15) is 18.0 Å². The average molecular weight is 417 g/mol. The van der Waals surface area contributed by atoms with E-state index in [0.29, 0.717) is 12.1 Å². The Morgan fingerprint density at radius 2 is 1.86 bits per heavy atom. The lowest BCUT2D eigenvalue weighted by atomic mass is 9.81. The average Bonchev–Trinajstić information content (AvgIpc) is 2.86. The summed E-state index contributed by atoms with van der Waals surface area (Å²) in [4.78, 5) is 0. The predicted molar refractivity (Wildman–Crippen MR) is 114 cm³/mol. The quantitative estimate of drug-likeness (QED) is 0.530. The van der Waals surface area contributed by atoms with E-state index in [2.05, 4.69) is 18.4 Å². The number of rotatable bonds is 7. The Morgan fingerprint density at radius 1 is 1.14 bits per heavy atom. The van der Waals surface area contributed by atoms with Crippen molar-refractivity contribution >= 4 is 27.6 Å². The second-order valence-corrected chi connectivity index (χ2v) is 9.15. The van der Waals surface area contributed by atoms with Crippen molar-refractivity contribution in [2.45, 2.75) is 25.7 Å². The number of allylic oxidation sites excluding steroid dienone is 1. The van der Waals surface area contributed by atoms with Crippen molar-refractivity contribution in [3.63, 3.8) is 0 Å². The molecule has 29 heavy (non-hydrogen) atoms. The minimum Gasteiger partial charge on any atom is -0.507 e. The van der Waals surface area contributed by atoms with Crippen LogP contribution in [0.2, 0.25) is 0 Å². The second-order valence-electron chi connectivity index (χ2n) is 7.58. The molecule has 6 nitrogen and oxygen atoms in total. The number of methoxy groups -OCH3 is 1. The van der Waals surface area contributed by atoms with Crippen LogP contribution in [0.1, 0.15) is 31.4 Å². The summed E-state index contributed by atoms with van der Waals surface area (Å²) in [6.45, 7) is 4.63. The normalized spacial score (nSPS) is 15.7. The number of para-hydroxylation sites is 1. The summed E-state index contributed by atoms with van der Waals surface area (Å²) in [5.74, 6) is 0.643. The van der Waals surface area contributed by atoms with Crippen molar-refractivity contribution in [1.29, 1.82) is 0 Å². The molecule has 1 aliphatic heterocycles. The molecule has 0 saturated carbocycles. The first-order valence-corrected chi connectivity index (χ1v) is 11.0. The fourth-order valence-electron chi connectivity index (χ4n) is 3.72. The molecule has 0 aromatic heterocycles. The minimum absolute atomic E-state index is 0.192. The van der Waals surface area contributed by atoms with Crippen molar-refractivity contribution in [3.8, 4) is 11.5 Å². The third-order valence-electron chi connectivity index (χ3n) is 5.24. The van der Waals surface area contributed by atoms with Crippen LogP contribution in [0.5, 0.6) is 11.5 Å². The molecule has 7 heteroatoms. The molecule has 0 spiro atoms. The highest BCUT2D eigenvalue weighted by Gasteiger charge is 2.44. The van der Waals surface area contributed by atoms with Gasteiger partial charge in [-0.25, -0.2) is 0 Å². The number of benzene rings is 2. The Balaban J connectivity index is 2.05. The number of nitrogens with zero attached hydrogens (tertiary/aromatic N) is 1. The van der Waals surface area contributed by atoms with E-state index in [1.54, 1.807) is 19.2 Å². The summed E-state index contributed by atoms with van der Waals surface area (Å²) in [6.07, 6.45) is 4.09. The molecule has 0 fully saturated rings. The molecule has 3 rings (SSSR count). The van der Waals surface area contributed by atoms with Gasteiger partial charge in [-0.05, 0) is 38.1 Å². The van der Waals surface area contributed by atoms with Crippen LogP contribution in [-0.2, 0) is 15.5 Å². The van der Waals surface area contributed by atoms with Crippen LogP contribution >= 0.6 is 0 Å². The van der Waals surface area contributed by atoms with Crippen molar-refractivity contribution in [2.24, 2.45) is 0 Å². The maximum absolute atomic E-state index is 11.2. The number of ether oxygens (including phenoxy) is 1. The van der Waals surface area contributed by atoms with Crippen molar-refractivity contribution < 1.29 is 27.4 Å². The lowest BCUT2D eigenvalue weighted by molar-refractivity contribution is -0.437. The van der Waals surface area contributed by atoms with Gasteiger partial charge in [0.25, 0.3) is 10.1 Å². The van der Waals surface area contributed by atoms with E-state index < -0.39 is 10.1 Å². The van der Waals surface area contributed by atoms with Crippen LogP contribution in [0.3, 0.4) is 0 Å². The van der Waals surface area contributed by atoms with Gasteiger partial charge in [0.2, 0.25) is 5.69 Å². The molecule has 0 unspecified atom stereocenters. The standard InChI is InChI=1S/C22H25NO5S/c1-22(2)18-15-17(28-3)10-11-19(18)23(13-6-14-29(25,26)27)21(22)12-9-16-7-4-5-8-20(16)24/h4-5,7-12,15H,6,13-14H2,1-3H3,(H,25,26,27)/p+1. The predicted octanol–water partition coefficient (Wildman–Crippen LogP) is 3.77. The fourth-order valence-corrected chi connectivity index (χ4v) is 4.22. The van der Waals surface area contributed by atoms with E-state index in [9.17, 15) is 13.5 Å². The summed E-state index contributed by atoms with van der Waals surface area (Å²) in [5.41, 5.74) is 3.35. The first-order valence-electron chi connectivity index (χ1n) is 9.38. The number of phenols is 1. The maximum Gasteiger partial charge on any atom is 0.265 e. The Kier molecular flexibility index (Phi) is 5.82. The molecule has 0 atom stereocenters. The molecule has 0 amide bonds. The summed E-state index contributed by atoms with van der Waals surface area (Å²) in [6, 6.07) is 12.9. The SMILES string of the molecule is COc1ccc2c(c1)C(C)(C)C(/C=C/c1ccccc1O)=[N+]2CCCS(=O)(=O)O. The summed E-state index contributed by atoms with van der Waals surface area (Å²) in [5, 5.41) is 10.1. The number of hydrogen-bond donors (Lipinski definition) is 2. The van der Waals surface area contributed by atoms with Gasteiger partial charge in [0.15, 0.2) is 5.71 Å². The lowest BCUT2D eigenvalue weighted by Crippen LogP contribution is -2.28. The van der Waals surface area contributed by atoms with Gasteiger partial charge in [-0.3, -0.25) is 4.55 Å². The topological polar surface area (TPSA) is 86.8 Å².